The van der Waals surface area contributed by atoms with Gasteiger partial charge in [-0.15, -0.1) is 0 Å². The summed E-state index contributed by atoms with van der Waals surface area (Å²) in [4.78, 5) is 12.2. The maximum Gasteiger partial charge on any atom is 0.245 e. The van der Waals surface area contributed by atoms with E-state index in [2.05, 4.69) is 5.32 Å². The first-order valence-electron chi connectivity index (χ1n) is 7.28. The van der Waals surface area contributed by atoms with Gasteiger partial charge in [0.1, 0.15) is 12.4 Å². The maximum absolute atomic E-state index is 13.2. The molecule has 0 heterocycles. The first-order chi connectivity index (χ1) is 11.2. The zero-order valence-corrected chi connectivity index (χ0v) is 14.5. The number of rotatable bonds is 5. The number of hydrogen-bond acceptors (Lipinski definition) is 3. The second kappa shape index (κ2) is 7.00. The average Bonchev–Trinajstić information content (AvgIpc) is 2.45. The molecule has 5 nitrogen and oxygen atoms in total. The first kappa shape index (κ1) is 17.9. The minimum Gasteiger partial charge on any atom is -0.324 e. The van der Waals surface area contributed by atoms with Crippen molar-refractivity contribution in [1.29, 1.82) is 0 Å². The van der Waals surface area contributed by atoms with Crippen molar-refractivity contribution >= 4 is 27.3 Å². The lowest BCUT2D eigenvalue weighted by Crippen LogP contribution is -2.38. The Labute approximate surface area is 141 Å². The second-order valence-electron chi connectivity index (χ2n) is 5.57. The summed E-state index contributed by atoms with van der Waals surface area (Å²) in [5.41, 5.74) is 2.25. The molecule has 0 saturated heterocycles. The van der Waals surface area contributed by atoms with Gasteiger partial charge in [-0.25, -0.2) is 12.8 Å². The molecule has 0 unspecified atom stereocenters. The van der Waals surface area contributed by atoms with Gasteiger partial charge < -0.3 is 5.32 Å². The van der Waals surface area contributed by atoms with E-state index in [1.54, 1.807) is 26.0 Å². The fraction of sp³-hybridized carbons (Fsp3) is 0.235. The lowest BCUT2D eigenvalue weighted by Gasteiger charge is -2.25. The molecule has 0 bridgehead atoms. The van der Waals surface area contributed by atoms with Crippen molar-refractivity contribution in [1.82, 2.24) is 0 Å². The van der Waals surface area contributed by atoms with E-state index < -0.39 is 21.7 Å². The molecule has 1 amide bonds. The highest BCUT2D eigenvalue weighted by Gasteiger charge is 2.23. The van der Waals surface area contributed by atoms with Crippen molar-refractivity contribution in [2.24, 2.45) is 0 Å². The molecule has 2 aromatic rings. The smallest absolute Gasteiger partial charge is 0.245 e. The summed E-state index contributed by atoms with van der Waals surface area (Å²) < 4.78 is 38.6. The zero-order chi connectivity index (χ0) is 17.9. The maximum atomic E-state index is 13.2. The summed E-state index contributed by atoms with van der Waals surface area (Å²) in [6, 6.07) is 10.8. The minimum absolute atomic E-state index is 0.273. The van der Waals surface area contributed by atoms with Crippen LogP contribution in [0.3, 0.4) is 0 Å². The average molecular weight is 350 g/mol. The zero-order valence-electron chi connectivity index (χ0n) is 13.7. The predicted molar refractivity (Wildman–Crippen MR) is 93.1 cm³/mol. The number of nitrogens with one attached hydrogen (secondary N) is 1. The number of carbonyl (C=O) groups is 1. The molecule has 2 rings (SSSR count). The molecular formula is C17H19FN2O3S. The molecule has 0 saturated carbocycles. The van der Waals surface area contributed by atoms with Crippen LogP contribution in [0.15, 0.2) is 42.5 Å². The fourth-order valence-corrected chi connectivity index (χ4v) is 3.43. The summed E-state index contributed by atoms with van der Waals surface area (Å²) in [5, 5.41) is 2.51. The summed E-state index contributed by atoms with van der Waals surface area (Å²) in [6.45, 7) is 3.18. The molecular weight excluding hydrogens is 331 g/mol. The number of amides is 1. The van der Waals surface area contributed by atoms with Gasteiger partial charge in [0, 0.05) is 5.69 Å². The van der Waals surface area contributed by atoms with Crippen LogP contribution in [0.5, 0.6) is 0 Å². The monoisotopic (exact) mass is 350 g/mol. The number of hydrogen-bond donors (Lipinski definition) is 1. The number of nitrogens with zero attached hydrogens (tertiary/aromatic N) is 1. The Hall–Kier alpha value is -2.41. The van der Waals surface area contributed by atoms with Crippen LogP contribution < -0.4 is 9.62 Å². The van der Waals surface area contributed by atoms with Crippen molar-refractivity contribution in [2.75, 3.05) is 22.4 Å². The number of para-hydroxylation sites is 1. The van der Waals surface area contributed by atoms with Crippen LogP contribution in [0, 0.1) is 19.7 Å². The minimum atomic E-state index is -3.66. The van der Waals surface area contributed by atoms with E-state index >= 15 is 0 Å². The molecule has 2 aromatic carbocycles. The number of benzene rings is 2. The summed E-state index contributed by atoms with van der Waals surface area (Å²) in [7, 11) is -3.66. The van der Waals surface area contributed by atoms with Gasteiger partial charge >= 0.3 is 0 Å². The fourth-order valence-electron chi connectivity index (χ4n) is 2.46. The van der Waals surface area contributed by atoms with Gasteiger partial charge in [0.05, 0.1) is 11.9 Å². The summed E-state index contributed by atoms with van der Waals surface area (Å²) >= 11 is 0. The Bertz CT molecular complexity index is 846. The Morgan fingerprint density at radius 2 is 1.71 bits per heavy atom. The molecule has 1 N–H and O–H groups in total. The Morgan fingerprint density at radius 1 is 1.12 bits per heavy atom. The van der Waals surface area contributed by atoms with Crippen molar-refractivity contribution in [3.63, 3.8) is 0 Å². The number of halogens is 1. The molecule has 0 radical (unpaired) electrons. The third-order valence-electron chi connectivity index (χ3n) is 3.48. The van der Waals surface area contributed by atoms with E-state index in [1.165, 1.54) is 24.3 Å². The van der Waals surface area contributed by atoms with Crippen LogP contribution in [-0.4, -0.2) is 27.1 Å². The standard InChI is InChI=1S/C17H19FN2O3S/c1-12-6-4-7-13(2)17(12)20(24(3,22)23)11-16(21)19-15-9-5-8-14(18)10-15/h4-10H,11H2,1-3H3,(H,19,21). The lowest BCUT2D eigenvalue weighted by molar-refractivity contribution is -0.114. The Kier molecular flexibility index (Phi) is 5.23. The van der Waals surface area contributed by atoms with Crippen LogP contribution in [0.2, 0.25) is 0 Å². The molecule has 128 valence electrons. The summed E-state index contributed by atoms with van der Waals surface area (Å²) in [5.74, 6) is -1.03. The van der Waals surface area contributed by atoms with Crippen molar-refractivity contribution in [3.8, 4) is 0 Å². The van der Waals surface area contributed by atoms with E-state index in [4.69, 9.17) is 0 Å². The van der Waals surface area contributed by atoms with E-state index in [0.717, 1.165) is 21.7 Å². The van der Waals surface area contributed by atoms with Gasteiger partial charge in [0.25, 0.3) is 0 Å². The van der Waals surface area contributed by atoms with Gasteiger partial charge in [-0.1, -0.05) is 24.3 Å². The van der Waals surface area contributed by atoms with Crippen molar-refractivity contribution < 1.29 is 17.6 Å². The van der Waals surface area contributed by atoms with E-state index in [1.807, 2.05) is 6.07 Å². The molecule has 0 atom stereocenters. The van der Waals surface area contributed by atoms with Gasteiger partial charge in [-0.05, 0) is 43.2 Å². The van der Waals surface area contributed by atoms with Crippen LogP contribution in [-0.2, 0) is 14.8 Å². The van der Waals surface area contributed by atoms with E-state index in [-0.39, 0.29) is 12.2 Å². The molecule has 0 aromatic heterocycles. The van der Waals surface area contributed by atoms with Crippen LogP contribution in [0.1, 0.15) is 11.1 Å². The topological polar surface area (TPSA) is 66.5 Å². The lowest BCUT2D eigenvalue weighted by atomic mass is 10.1. The van der Waals surface area contributed by atoms with Gasteiger partial charge in [-0.2, -0.15) is 0 Å². The largest absolute Gasteiger partial charge is 0.324 e. The SMILES string of the molecule is Cc1cccc(C)c1N(CC(=O)Nc1cccc(F)c1)S(C)(=O)=O. The molecule has 0 aliphatic carbocycles. The highest BCUT2D eigenvalue weighted by molar-refractivity contribution is 7.92. The van der Waals surface area contributed by atoms with Gasteiger partial charge in [0.2, 0.25) is 15.9 Å². The molecule has 0 aliphatic rings. The van der Waals surface area contributed by atoms with Crippen LogP contribution in [0.25, 0.3) is 0 Å². The third-order valence-corrected chi connectivity index (χ3v) is 4.60. The Balaban J connectivity index is 2.29. The highest BCUT2D eigenvalue weighted by atomic mass is 32.2. The van der Waals surface area contributed by atoms with Crippen LogP contribution >= 0.6 is 0 Å². The second-order valence-corrected chi connectivity index (χ2v) is 7.48. The van der Waals surface area contributed by atoms with Gasteiger partial charge in [-0.3, -0.25) is 9.10 Å². The third kappa shape index (κ3) is 4.32. The van der Waals surface area contributed by atoms with Gasteiger partial charge in [0.15, 0.2) is 0 Å². The molecule has 24 heavy (non-hydrogen) atoms. The normalized spacial score (nSPS) is 11.2. The molecule has 0 spiro atoms. The van der Waals surface area contributed by atoms with Crippen molar-refractivity contribution in [2.45, 2.75) is 13.8 Å². The van der Waals surface area contributed by atoms with E-state index in [0.29, 0.717) is 5.69 Å². The molecule has 0 fully saturated rings. The van der Waals surface area contributed by atoms with Crippen LogP contribution in [0.4, 0.5) is 15.8 Å². The summed E-state index contributed by atoms with van der Waals surface area (Å²) in [6.07, 6.45) is 1.05. The molecule has 7 heteroatoms. The predicted octanol–water partition coefficient (Wildman–Crippen LogP) is 2.85. The number of carbonyl (C=O) groups excluding carboxylic acids is 1. The number of anilines is 2. The Morgan fingerprint density at radius 3 is 2.25 bits per heavy atom. The number of aryl methyl sites for hydroxylation is 2. The highest BCUT2D eigenvalue weighted by Crippen LogP contribution is 2.26. The van der Waals surface area contributed by atoms with Crippen molar-refractivity contribution in [3.05, 3.63) is 59.4 Å². The van der Waals surface area contributed by atoms with E-state index in [9.17, 15) is 17.6 Å². The molecule has 0 aliphatic heterocycles. The number of sulfonamides is 1. The quantitative estimate of drug-likeness (QED) is 0.902. The first-order valence-corrected chi connectivity index (χ1v) is 9.12.